The molecule has 0 aliphatic carbocycles. The lowest BCUT2D eigenvalue weighted by Crippen LogP contribution is -2.31. The molecule has 38 heavy (non-hydrogen) atoms. The third-order valence-electron chi connectivity index (χ3n) is 6.05. The maximum Gasteiger partial charge on any atom is 0.229 e. The Bertz CT molecular complexity index is 1230. The number of unbranched alkanes of at least 4 members (excludes halogenated alkanes) is 4. The molecule has 4 N–H and O–H groups in total. The van der Waals surface area contributed by atoms with Crippen molar-refractivity contribution in [1.29, 1.82) is 0 Å². The first-order chi connectivity index (χ1) is 18.3. The van der Waals surface area contributed by atoms with Crippen LogP contribution in [0.2, 0.25) is 0 Å². The summed E-state index contributed by atoms with van der Waals surface area (Å²) in [7, 11) is -3.50. The van der Waals surface area contributed by atoms with E-state index >= 15 is 0 Å². The van der Waals surface area contributed by atoms with Gasteiger partial charge in [0.25, 0.3) is 0 Å². The molecule has 8 nitrogen and oxygen atoms in total. The molecule has 208 valence electrons. The van der Waals surface area contributed by atoms with Crippen molar-refractivity contribution in [3.63, 3.8) is 0 Å². The number of phenolic OH excluding ortho intramolecular Hbond substituents is 1. The number of sulfonamides is 1. The van der Waals surface area contributed by atoms with E-state index in [9.17, 15) is 18.6 Å². The molecule has 1 unspecified atom stereocenters. The molecule has 0 heterocycles. The number of aliphatic hydroxyl groups is 1. The van der Waals surface area contributed by atoms with Crippen LogP contribution in [0, 0.1) is 0 Å². The van der Waals surface area contributed by atoms with Gasteiger partial charge in [0.2, 0.25) is 10.0 Å². The van der Waals surface area contributed by atoms with Gasteiger partial charge in [0.15, 0.2) is 0 Å². The maximum atomic E-state index is 11.4. The molecule has 3 rings (SSSR count). The molecule has 9 heteroatoms. The fourth-order valence-electron chi connectivity index (χ4n) is 4.09. The lowest BCUT2D eigenvalue weighted by Gasteiger charge is -2.14. The molecule has 3 aromatic rings. The second kappa shape index (κ2) is 15.5. The molecular formula is C29H40N2O6S. The fourth-order valence-corrected chi connectivity index (χ4v) is 4.66. The van der Waals surface area contributed by atoms with Gasteiger partial charge in [-0.25, -0.2) is 8.42 Å². The van der Waals surface area contributed by atoms with E-state index in [1.165, 1.54) is 22.9 Å². The molecule has 1 atom stereocenters. The first-order valence-electron chi connectivity index (χ1n) is 13.2. The average Bonchev–Trinajstić information content (AvgIpc) is 2.88. The highest BCUT2D eigenvalue weighted by Gasteiger charge is 2.10. The second-order valence-corrected chi connectivity index (χ2v) is 11.2. The highest BCUT2D eigenvalue weighted by molar-refractivity contribution is 7.92. The minimum Gasteiger partial charge on any atom is -0.506 e. The Kier molecular flexibility index (Phi) is 12.1. The van der Waals surface area contributed by atoms with Crippen LogP contribution in [0.4, 0.5) is 5.69 Å². The molecule has 0 saturated carbocycles. The van der Waals surface area contributed by atoms with Gasteiger partial charge in [-0.1, -0.05) is 49.2 Å². The number of aliphatic hydroxyl groups excluding tert-OH is 1. The number of rotatable bonds is 18. The van der Waals surface area contributed by atoms with Crippen molar-refractivity contribution in [2.24, 2.45) is 0 Å². The Balaban J connectivity index is 1.15. The molecule has 0 bridgehead atoms. The third-order valence-corrected chi connectivity index (χ3v) is 6.64. The Labute approximate surface area is 226 Å². The van der Waals surface area contributed by atoms with Crippen LogP contribution in [-0.2, 0) is 21.2 Å². The molecule has 0 fully saturated rings. The van der Waals surface area contributed by atoms with Gasteiger partial charge >= 0.3 is 0 Å². The summed E-state index contributed by atoms with van der Waals surface area (Å²) in [4.78, 5) is 0. The Morgan fingerprint density at radius 1 is 0.842 bits per heavy atom. The van der Waals surface area contributed by atoms with Crippen molar-refractivity contribution < 1.29 is 28.1 Å². The zero-order valence-corrected chi connectivity index (χ0v) is 22.9. The van der Waals surface area contributed by atoms with Gasteiger partial charge in [0.05, 0.1) is 18.6 Å². The van der Waals surface area contributed by atoms with Crippen molar-refractivity contribution in [2.45, 2.75) is 51.2 Å². The van der Waals surface area contributed by atoms with E-state index in [1.807, 2.05) is 18.2 Å². The number of hydrogen-bond donors (Lipinski definition) is 4. The normalized spacial score (nSPS) is 12.5. The lowest BCUT2D eigenvalue weighted by molar-refractivity contribution is 0.121. The van der Waals surface area contributed by atoms with Crippen molar-refractivity contribution in [1.82, 2.24) is 5.32 Å². The standard InChI is InChI=1S/C29H40N2O6S/c1-38(34,35)31-27-20-23(12-15-28(27)32)21-29(33)30-16-6-2-3-7-17-36-18-8-9-19-37-26-14-13-24-10-4-5-11-25(24)22-26/h4-5,10-15,20,22,29-33H,2-3,6-9,16-19,21H2,1H3. The van der Waals surface area contributed by atoms with Gasteiger partial charge in [-0.15, -0.1) is 0 Å². The van der Waals surface area contributed by atoms with E-state index in [1.54, 1.807) is 6.07 Å². The summed E-state index contributed by atoms with van der Waals surface area (Å²) in [6, 6.07) is 19.0. The number of fused-ring (bicyclic) bond motifs is 1. The van der Waals surface area contributed by atoms with E-state index in [0.29, 0.717) is 25.1 Å². The number of ether oxygens (including phenoxy) is 2. The first-order valence-corrected chi connectivity index (χ1v) is 15.1. The lowest BCUT2D eigenvalue weighted by atomic mass is 10.1. The van der Waals surface area contributed by atoms with Crippen LogP contribution < -0.4 is 14.8 Å². The molecule has 0 amide bonds. The molecule has 0 aromatic heterocycles. The Morgan fingerprint density at radius 3 is 2.34 bits per heavy atom. The van der Waals surface area contributed by atoms with E-state index in [4.69, 9.17) is 9.47 Å². The maximum absolute atomic E-state index is 11.4. The van der Waals surface area contributed by atoms with Crippen molar-refractivity contribution >= 4 is 26.5 Å². The third kappa shape index (κ3) is 11.3. The van der Waals surface area contributed by atoms with Crippen LogP contribution in [0.5, 0.6) is 11.5 Å². The zero-order valence-electron chi connectivity index (χ0n) is 22.1. The number of phenols is 1. The quantitative estimate of drug-likeness (QED) is 0.103. The predicted octanol–water partition coefficient (Wildman–Crippen LogP) is 4.80. The van der Waals surface area contributed by atoms with Crippen LogP contribution in [0.3, 0.4) is 0 Å². The average molecular weight is 545 g/mol. The topological polar surface area (TPSA) is 117 Å². The van der Waals surface area contributed by atoms with Gasteiger partial charge in [-0.05, 0) is 72.8 Å². The number of anilines is 1. The minimum atomic E-state index is -3.50. The van der Waals surface area contributed by atoms with E-state index in [2.05, 4.69) is 34.3 Å². The summed E-state index contributed by atoms with van der Waals surface area (Å²) in [5, 5.41) is 25.5. The molecule has 0 aliphatic heterocycles. The summed E-state index contributed by atoms with van der Waals surface area (Å²) < 4.78 is 36.7. The van der Waals surface area contributed by atoms with E-state index in [-0.39, 0.29) is 11.4 Å². The second-order valence-electron chi connectivity index (χ2n) is 9.49. The predicted molar refractivity (Wildman–Crippen MR) is 152 cm³/mol. The molecule has 0 aliphatic rings. The summed E-state index contributed by atoms with van der Waals surface area (Å²) in [6.07, 6.45) is 6.58. The Morgan fingerprint density at radius 2 is 1.55 bits per heavy atom. The highest BCUT2D eigenvalue weighted by atomic mass is 32.2. The first kappa shape index (κ1) is 29.7. The van der Waals surface area contributed by atoms with Crippen LogP contribution >= 0.6 is 0 Å². The summed E-state index contributed by atoms with van der Waals surface area (Å²) in [5.41, 5.74) is 0.820. The van der Waals surface area contributed by atoms with Crippen LogP contribution in [-0.4, -0.2) is 57.5 Å². The van der Waals surface area contributed by atoms with Gasteiger partial charge in [0.1, 0.15) is 17.7 Å². The largest absolute Gasteiger partial charge is 0.506 e. The Hall–Kier alpha value is -2.85. The van der Waals surface area contributed by atoms with Crippen LogP contribution in [0.15, 0.2) is 60.7 Å². The zero-order chi connectivity index (χ0) is 27.2. The number of aromatic hydroxyl groups is 1. The summed E-state index contributed by atoms with van der Waals surface area (Å²) in [6.45, 7) is 2.87. The molecule has 0 radical (unpaired) electrons. The van der Waals surface area contributed by atoms with Crippen molar-refractivity contribution in [2.75, 3.05) is 37.3 Å². The number of nitrogens with one attached hydrogen (secondary N) is 2. The van der Waals surface area contributed by atoms with E-state index < -0.39 is 16.3 Å². The highest BCUT2D eigenvalue weighted by Crippen LogP contribution is 2.25. The van der Waals surface area contributed by atoms with E-state index in [0.717, 1.165) is 63.7 Å². The van der Waals surface area contributed by atoms with Crippen molar-refractivity contribution in [3.8, 4) is 11.5 Å². The van der Waals surface area contributed by atoms with Gasteiger partial charge in [-0.2, -0.15) is 0 Å². The fraction of sp³-hybridized carbons (Fsp3) is 0.448. The molecular weight excluding hydrogens is 504 g/mol. The van der Waals surface area contributed by atoms with Gasteiger partial charge in [0, 0.05) is 19.6 Å². The van der Waals surface area contributed by atoms with Crippen LogP contribution in [0.25, 0.3) is 10.8 Å². The summed E-state index contributed by atoms with van der Waals surface area (Å²) >= 11 is 0. The molecule has 3 aromatic carbocycles. The molecule has 0 spiro atoms. The number of hydrogen-bond acceptors (Lipinski definition) is 7. The SMILES string of the molecule is CS(=O)(=O)Nc1cc(CC(O)NCCCCCCOCCCCOc2ccc3ccccc3c2)ccc1O. The summed E-state index contributed by atoms with van der Waals surface area (Å²) in [5.74, 6) is 0.750. The monoisotopic (exact) mass is 544 g/mol. The number of benzene rings is 3. The van der Waals surface area contributed by atoms with Gasteiger partial charge in [-0.3, -0.25) is 10.0 Å². The van der Waals surface area contributed by atoms with Crippen molar-refractivity contribution in [3.05, 3.63) is 66.2 Å². The van der Waals surface area contributed by atoms with Crippen LogP contribution in [0.1, 0.15) is 44.1 Å². The smallest absolute Gasteiger partial charge is 0.229 e. The minimum absolute atomic E-state index is 0.105. The van der Waals surface area contributed by atoms with Gasteiger partial charge < -0.3 is 19.7 Å². The molecule has 0 saturated heterocycles.